The standard InChI is InChI=1S/C21H25NO4/c1-22-8-6-21-17-12-4-5-13(23-2)18(17)26-19(21)14(24-3)11-16-20(21,7-9-25-16)15(22)10-12/h4-5,11,15-16,19H,6-10H2,1-3H3/t15-,16+,19+,20-,21+/m1/s1. The van der Waals surface area contributed by atoms with Gasteiger partial charge in [-0.25, -0.2) is 0 Å². The number of nitrogens with zero attached hydrogens (tertiary/aromatic N) is 1. The third-order valence-corrected chi connectivity index (χ3v) is 7.92. The van der Waals surface area contributed by atoms with E-state index in [-0.39, 0.29) is 23.0 Å². The van der Waals surface area contributed by atoms with Crippen molar-refractivity contribution in [3.8, 4) is 11.5 Å². The van der Waals surface area contributed by atoms with E-state index in [1.54, 1.807) is 14.2 Å². The minimum Gasteiger partial charge on any atom is -0.497 e. The molecule has 2 aliphatic carbocycles. The summed E-state index contributed by atoms with van der Waals surface area (Å²) in [5, 5.41) is 0. The highest BCUT2D eigenvalue weighted by Gasteiger charge is 2.75. The van der Waals surface area contributed by atoms with Gasteiger partial charge >= 0.3 is 0 Å². The summed E-state index contributed by atoms with van der Waals surface area (Å²) < 4.78 is 24.5. The molecule has 3 heterocycles. The number of likely N-dealkylation sites (N-methyl/N-ethyl adjacent to an activating group) is 1. The number of piperidine rings is 1. The van der Waals surface area contributed by atoms with E-state index >= 15 is 0 Å². The van der Waals surface area contributed by atoms with E-state index < -0.39 is 0 Å². The topological polar surface area (TPSA) is 40.2 Å². The van der Waals surface area contributed by atoms with Crippen molar-refractivity contribution in [2.75, 3.05) is 34.4 Å². The lowest BCUT2D eigenvalue weighted by molar-refractivity contribution is -0.124. The molecule has 3 aliphatic heterocycles. The Bertz CT molecular complexity index is 836. The van der Waals surface area contributed by atoms with Crippen molar-refractivity contribution in [2.24, 2.45) is 5.41 Å². The van der Waals surface area contributed by atoms with Crippen LogP contribution in [0.4, 0.5) is 0 Å². The van der Waals surface area contributed by atoms with E-state index in [1.807, 2.05) is 0 Å². The van der Waals surface area contributed by atoms with Crippen LogP contribution in [0.2, 0.25) is 0 Å². The third kappa shape index (κ3) is 1.39. The summed E-state index contributed by atoms with van der Waals surface area (Å²) in [4.78, 5) is 2.56. The zero-order valence-electron chi connectivity index (χ0n) is 15.6. The molecule has 0 amide bonds. The maximum absolute atomic E-state index is 6.65. The molecule has 5 atom stereocenters. The molecule has 0 radical (unpaired) electrons. The first-order valence-electron chi connectivity index (χ1n) is 9.62. The van der Waals surface area contributed by atoms with E-state index in [9.17, 15) is 0 Å². The van der Waals surface area contributed by atoms with Crippen LogP contribution < -0.4 is 9.47 Å². The molecule has 2 bridgehead atoms. The summed E-state index contributed by atoms with van der Waals surface area (Å²) in [6.45, 7) is 1.89. The maximum atomic E-state index is 6.65. The number of rotatable bonds is 2. The fourth-order valence-electron chi connectivity index (χ4n) is 6.99. The second-order valence-electron chi connectivity index (χ2n) is 8.41. The molecule has 6 rings (SSSR count). The Morgan fingerprint density at radius 1 is 1.19 bits per heavy atom. The number of benzene rings is 1. The summed E-state index contributed by atoms with van der Waals surface area (Å²) in [5.74, 6) is 2.70. The van der Waals surface area contributed by atoms with Crippen LogP contribution in [0.25, 0.3) is 0 Å². The highest BCUT2D eigenvalue weighted by atomic mass is 16.6. The average Bonchev–Trinajstić information content (AvgIpc) is 3.22. The molecule has 1 aromatic carbocycles. The average molecular weight is 355 g/mol. The van der Waals surface area contributed by atoms with Crippen molar-refractivity contribution >= 4 is 0 Å². The number of ether oxygens (including phenoxy) is 4. The first-order valence-corrected chi connectivity index (χ1v) is 9.62. The molecule has 26 heavy (non-hydrogen) atoms. The van der Waals surface area contributed by atoms with Crippen LogP contribution in [0.5, 0.6) is 11.5 Å². The zero-order chi connectivity index (χ0) is 17.7. The van der Waals surface area contributed by atoms with Crippen molar-refractivity contribution < 1.29 is 18.9 Å². The molecule has 0 saturated carbocycles. The Morgan fingerprint density at radius 3 is 2.88 bits per heavy atom. The summed E-state index contributed by atoms with van der Waals surface area (Å²) in [7, 11) is 5.76. The van der Waals surface area contributed by atoms with Crippen LogP contribution in [0.3, 0.4) is 0 Å². The normalized spacial score (nSPS) is 41.8. The molecule has 5 aliphatic rings. The SMILES string of the molecule is COC1=C[C@@H]2OCC[C@@]23[C@H]2Cc4ccc(OC)c5c4[C@@]3(CCN2C)[C@H]1O5. The largest absolute Gasteiger partial charge is 0.497 e. The van der Waals surface area contributed by atoms with E-state index in [0.29, 0.717) is 6.04 Å². The number of hydrogen-bond donors (Lipinski definition) is 0. The molecule has 5 heteroatoms. The van der Waals surface area contributed by atoms with Gasteiger partial charge in [0.15, 0.2) is 17.6 Å². The second kappa shape index (κ2) is 4.76. The molecule has 0 N–H and O–H groups in total. The van der Waals surface area contributed by atoms with Gasteiger partial charge in [0.05, 0.1) is 25.7 Å². The Balaban J connectivity index is 1.72. The predicted molar refractivity (Wildman–Crippen MR) is 95.7 cm³/mol. The third-order valence-electron chi connectivity index (χ3n) is 7.92. The van der Waals surface area contributed by atoms with Gasteiger partial charge in [-0.15, -0.1) is 0 Å². The molecular weight excluding hydrogens is 330 g/mol. The minimum atomic E-state index is -0.0805. The first-order chi connectivity index (χ1) is 12.7. The number of likely N-dealkylation sites (tertiary alicyclic amines) is 1. The van der Waals surface area contributed by atoms with Gasteiger partial charge in [-0.3, -0.25) is 0 Å². The quantitative estimate of drug-likeness (QED) is 0.814. The van der Waals surface area contributed by atoms with Crippen LogP contribution >= 0.6 is 0 Å². The van der Waals surface area contributed by atoms with Crippen molar-refractivity contribution in [2.45, 2.75) is 42.9 Å². The van der Waals surface area contributed by atoms with Gasteiger partial charge in [0.2, 0.25) is 0 Å². The Labute approximate surface area is 153 Å². The Kier molecular flexibility index (Phi) is 2.81. The van der Waals surface area contributed by atoms with Crippen molar-refractivity contribution in [3.05, 3.63) is 35.1 Å². The molecule has 0 unspecified atom stereocenters. The van der Waals surface area contributed by atoms with Gasteiger partial charge in [-0.1, -0.05) is 6.07 Å². The maximum Gasteiger partial charge on any atom is 0.166 e. The second-order valence-corrected chi connectivity index (χ2v) is 8.41. The van der Waals surface area contributed by atoms with Gasteiger partial charge in [-0.05, 0) is 50.6 Å². The highest BCUT2D eigenvalue weighted by molar-refractivity contribution is 5.64. The molecule has 0 aromatic heterocycles. The highest BCUT2D eigenvalue weighted by Crippen LogP contribution is 2.71. The first kappa shape index (κ1) is 15.3. The fraction of sp³-hybridized carbons (Fsp3) is 0.619. The molecule has 2 fully saturated rings. The predicted octanol–water partition coefficient (Wildman–Crippen LogP) is 2.27. The van der Waals surface area contributed by atoms with Crippen molar-refractivity contribution in [3.63, 3.8) is 0 Å². The fourth-order valence-corrected chi connectivity index (χ4v) is 6.99. The molecule has 138 valence electrons. The minimum absolute atomic E-state index is 0.0529. The lowest BCUT2D eigenvalue weighted by Crippen LogP contribution is -2.72. The van der Waals surface area contributed by atoms with Crippen LogP contribution in [-0.2, 0) is 21.3 Å². The summed E-state index contributed by atoms with van der Waals surface area (Å²) in [6.07, 6.45) is 5.42. The molecule has 1 aromatic rings. The monoisotopic (exact) mass is 355 g/mol. The van der Waals surface area contributed by atoms with Crippen molar-refractivity contribution in [1.82, 2.24) is 4.90 Å². The lowest BCUT2D eigenvalue weighted by atomic mass is 9.43. The number of hydrogen-bond acceptors (Lipinski definition) is 5. The van der Waals surface area contributed by atoms with Gasteiger partial charge in [0.1, 0.15) is 5.76 Å². The van der Waals surface area contributed by atoms with E-state index in [0.717, 1.165) is 49.7 Å². The van der Waals surface area contributed by atoms with Gasteiger partial charge in [0, 0.05) is 23.6 Å². The summed E-state index contributed by atoms with van der Waals surface area (Å²) in [5.41, 5.74) is 2.76. The summed E-state index contributed by atoms with van der Waals surface area (Å²) in [6, 6.07) is 4.78. The zero-order valence-corrected chi connectivity index (χ0v) is 15.6. The van der Waals surface area contributed by atoms with E-state index in [2.05, 4.69) is 30.2 Å². The van der Waals surface area contributed by atoms with Gasteiger partial charge in [-0.2, -0.15) is 0 Å². The molecule has 2 saturated heterocycles. The van der Waals surface area contributed by atoms with Crippen LogP contribution in [-0.4, -0.2) is 57.6 Å². The van der Waals surface area contributed by atoms with Gasteiger partial charge < -0.3 is 23.8 Å². The number of methoxy groups -OCH3 is 2. The van der Waals surface area contributed by atoms with E-state index in [1.165, 1.54) is 11.1 Å². The summed E-state index contributed by atoms with van der Waals surface area (Å²) >= 11 is 0. The van der Waals surface area contributed by atoms with Crippen LogP contribution in [0.1, 0.15) is 24.0 Å². The Hall–Kier alpha value is -1.72. The smallest absolute Gasteiger partial charge is 0.166 e. The van der Waals surface area contributed by atoms with E-state index in [4.69, 9.17) is 18.9 Å². The van der Waals surface area contributed by atoms with Crippen molar-refractivity contribution in [1.29, 1.82) is 0 Å². The lowest BCUT2D eigenvalue weighted by Gasteiger charge is -2.64. The molecular formula is C21H25NO4. The van der Waals surface area contributed by atoms with Crippen LogP contribution in [0.15, 0.2) is 24.0 Å². The molecule has 5 nitrogen and oxygen atoms in total. The Morgan fingerprint density at radius 2 is 2.08 bits per heavy atom. The van der Waals surface area contributed by atoms with Gasteiger partial charge in [0.25, 0.3) is 0 Å². The van der Waals surface area contributed by atoms with Crippen LogP contribution in [0, 0.1) is 5.41 Å². The molecule has 2 spiro atoms.